The number of methoxy groups -OCH3 is 1. The van der Waals surface area contributed by atoms with Crippen molar-refractivity contribution in [3.05, 3.63) is 17.3 Å². The molecule has 2 aromatic rings. The molecule has 10 nitrogen and oxygen atoms in total. The summed E-state index contributed by atoms with van der Waals surface area (Å²) >= 11 is 0. The van der Waals surface area contributed by atoms with Gasteiger partial charge in [0.2, 0.25) is 17.8 Å². The lowest BCUT2D eigenvalue weighted by molar-refractivity contribution is -0.124. The number of nitrogens with zero attached hydrogens (tertiary/aromatic N) is 4. The molecular weight excluding hydrogens is 362 g/mol. The van der Waals surface area contributed by atoms with Crippen LogP contribution in [0.3, 0.4) is 0 Å². The predicted octanol–water partition coefficient (Wildman–Crippen LogP) is 0.823. The smallest absolute Gasteiger partial charge is 0.254 e. The average Bonchev–Trinajstić information content (AvgIpc) is 3.37. The molecule has 0 aromatic carbocycles. The second kappa shape index (κ2) is 7.55. The van der Waals surface area contributed by atoms with E-state index in [9.17, 15) is 9.59 Å². The SMILES string of the molecule is COCCNc1nc(N[C@H](C)C2CC2)nc2c(/C=C3\CC(=O)NC3=O)cnn12. The number of rotatable bonds is 8. The van der Waals surface area contributed by atoms with Crippen LogP contribution in [0.25, 0.3) is 11.7 Å². The van der Waals surface area contributed by atoms with E-state index in [0.717, 1.165) is 0 Å². The van der Waals surface area contributed by atoms with E-state index in [0.29, 0.717) is 47.7 Å². The fraction of sp³-hybridized carbons (Fsp3) is 0.500. The van der Waals surface area contributed by atoms with Gasteiger partial charge >= 0.3 is 0 Å². The number of ether oxygens (including phenoxy) is 1. The molecule has 1 atom stereocenters. The predicted molar refractivity (Wildman–Crippen MR) is 103 cm³/mol. The highest BCUT2D eigenvalue weighted by Crippen LogP contribution is 2.33. The third-order valence-electron chi connectivity index (χ3n) is 4.90. The molecule has 1 saturated carbocycles. The van der Waals surface area contributed by atoms with Gasteiger partial charge in [-0.15, -0.1) is 0 Å². The summed E-state index contributed by atoms with van der Waals surface area (Å²) in [5.74, 6) is 0.995. The van der Waals surface area contributed by atoms with Crippen molar-refractivity contribution < 1.29 is 14.3 Å². The molecule has 2 aromatic heterocycles. The molecule has 3 N–H and O–H groups in total. The van der Waals surface area contributed by atoms with Gasteiger partial charge in [-0.1, -0.05) is 0 Å². The molecule has 1 saturated heterocycles. The van der Waals surface area contributed by atoms with Crippen LogP contribution in [0.4, 0.5) is 11.9 Å². The van der Waals surface area contributed by atoms with E-state index < -0.39 is 0 Å². The molecule has 4 rings (SSSR count). The molecular formula is C18H23N7O3. The Bertz CT molecular complexity index is 948. The maximum atomic E-state index is 11.9. The first-order valence-electron chi connectivity index (χ1n) is 9.35. The third kappa shape index (κ3) is 3.81. The summed E-state index contributed by atoms with van der Waals surface area (Å²) in [7, 11) is 1.63. The Labute approximate surface area is 161 Å². The number of nitrogens with one attached hydrogen (secondary N) is 3. The summed E-state index contributed by atoms with van der Waals surface area (Å²) in [6.07, 6.45) is 5.75. The van der Waals surface area contributed by atoms with Crippen LogP contribution in [0, 0.1) is 5.92 Å². The van der Waals surface area contributed by atoms with Crippen LogP contribution in [0.2, 0.25) is 0 Å². The maximum absolute atomic E-state index is 11.9. The van der Waals surface area contributed by atoms with Crippen LogP contribution in [0.15, 0.2) is 11.8 Å². The molecule has 28 heavy (non-hydrogen) atoms. The number of anilines is 2. The lowest BCUT2D eigenvalue weighted by atomic mass is 10.1. The number of hydrogen-bond acceptors (Lipinski definition) is 8. The van der Waals surface area contributed by atoms with Crippen molar-refractivity contribution in [2.75, 3.05) is 30.9 Å². The minimum Gasteiger partial charge on any atom is -0.383 e. The summed E-state index contributed by atoms with van der Waals surface area (Å²) < 4.78 is 6.68. The summed E-state index contributed by atoms with van der Waals surface area (Å²) in [6, 6.07) is 0.275. The van der Waals surface area contributed by atoms with Crippen molar-refractivity contribution in [3.63, 3.8) is 0 Å². The van der Waals surface area contributed by atoms with Crippen molar-refractivity contribution in [2.45, 2.75) is 32.2 Å². The zero-order valence-corrected chi connectivity index (χ0v) is 15.9. The molecule has 2 aliphatic rings. The van der Waals surface area contributed by atoms with Crippen LogP contribution in [-0.4, -0.2) is 57.7 Å². The Hall–Kier alpha value is -3.01. The number of fused-ring (bicyclic) bond motifs is 1. The minimum atomic E-state index is -0.377. The Morgan fingerprint density at radius 3 is 2.89 bits per heavy atom. The van der Waals surface area contributed by atoms with Crippen molar-refractivity contribution in [1.29, 1.82) is 0 Å². The average molecular weight is 385 g/mol. The van der Waals surface area contributed by atoms with Gasteiger partial charge in [0, 0.05) is 30.8 Å². The number of carbonyl (C=O) groups excluding carboxylic acids is 2. The topological polar surface area (TPSA) is 123 Å². The number of carbonyl (C=O) groups is 2. The van der Waals surface area contributed by atoms with Crippen LogP contribution >= 0.6 is 0 Å². The molecule has 2 fully saturated rings. The quantitative estimate of drug-likeness (QED) is 0.347. The fourth-order valence-electron chi connectivity index (χ4n) is 3.17. The van der Waals surface area contributed by atoms with Crippen molar-refractivity contribution in [2.24, 2.45) is 5.92 Å². The maximum Gasteiger partial charge on any atom is 0.254 e. The molecule has 1 aliphatic carbocycles. The van der Waals surface area contributed by atoms with E-state index in [2.05, 4.69) is 37.9 Å². The van der Waals surface area contributed by atoms with Crippen molar-refractivity contribution in [3.8, 4) is 0 Å². The fourth-order valence-corrected chi connectivity index (χ4v) is 3.17. The van der Waals surface area contributed by atoms with E-state index in [4.69, 9.17) is 4.74 Å². The lowest BCUT2D eigenvalue weighted by Crippen LogP contribution is -2.21. The van der Waals surface area contributed by atoms with Gasteiger partial charge in [-0.3, -0.25) is 14.9 Å². The van der Waals surface area contributed by atoms with E-state index >= 15 is 0 Å². The van der Waals surface area contributed by atoms with Crippen molar-refractivity contribution in [1.82, 2.24) is 24.9 Å². The molecule has 0 radical (unpaired) electrons. The molecule has 0 unspecified atom stereocenters. The van der Waals surface area contributed by atoms with Crippen molar-refractivity contribution >= 4 is 35.4 Å². The second-order valence-corrected chi connectivity index (χ2v) is 7.12. The van der Waals surface area contributed by atoms with E-state index in [-0.39, 0.29) is 24.3 Å². The third-order valence-corrected chi connectivity index (χ3v) is 4.90. The largest absolute Gasteiger partial charge is 0.383 e. The van der Waals surface area contributed by atoms with Gasteiger partial charge in [0.1, 0.15) is 0 Å². The summed E-state index contributed by atoms with van der Waals surface area (Å²) in [5, 5.41) is 13.2. The normalized spacial score (nSPS) is 19.3. The Balaban J connectivity index is 1.70. The van der Waals surface area contributed by atoms with Gasteiger partial charge in [0.05, 0.1) is 19.2 Å². The van der Waals surface area contributed by atoms with E-state index in [1.165, 1.54) is 12.8 Å². The van der Waals surface area contributed by atoms with E-state index in [1.807, 2.05) is 0 Å². The van der Waals surface area contributed by atoms with Crippen LogP contribution in [0.5, 0.6) is 0 Å². The van der Waals surface area contributed by atoms with Gasteiger partial charge < -0.3 is 15.4 Å². The summed E-state index contributed by atoms with van der Waals surface area (Å²) in [4.78, 5) is 32.5. The monoisotopic (exact) mass is 385 g/mol. The highest BCUT2D eigenvalue weighted by Gasteiger charge is 2.29. The summed E-state index contributed by atoms with van der Waals surface area (Å²) in [6.45, 7) is 3.21. The second-order valence-electron chi connectivity index (χ2n) is 7.12. The van der Waals surface area contributed by atoms with Gasteiger partial charge in [0.15, 0.2) is 5.65 Å². The zero-order chi connectivity index (χ0) is 19.7. The standard InChI is InChI=1S/C18H23N7O3/c1-10(11-3-4-11)21-17-23-15-13(7-12-8-14(26)22-16(12)27)9-20-25(15)18(24-17)19-5-6-28-2/h7,9-11H,3-6,8H2,1-2H3,(H,22,26,27)(H2,19,21,23,24)/b12-7+/t10-/m1/s1. The first-order valence-corrected chi connectivity index (χ1v) is 9.35. The van der Waals surface area contributed by atoms with Crippen LogP contribution in [-0.2, 0) is 14.3 Å². The molecule has 148 valence electrons. The number of imide groups is 1. The Morgan fingerprint density at radius 1 is 1.39 bits per heavy atom. The molecule has 2 amide bonds. The minimum absolute atomic E-state index is 0.0595. The van der Waals surface area contributed by atoms with Gasteiger partial charge in [-0.05, 0) is 31.8 Å². The molecule has 0 bridgehead atoms. The number of aromatic nitrogens is 4. The van der Waals surface area contributed by atoms with Gasteiger partial charge in [-0.2, -0.15) is 19.6 Å². The molecule has 10 heteroatoms. The zero-order valence-electron chi connectivity index (χ0n) is 15.9. The first kappa shape index (κ1) is 18.4. The highest BCUT2D eigenvalue weighted by molar-refractivity contribution is 6.15. The summed E-state index contributed by atoms with van der Waals surface area (Å²) in [5.41, 5.74) is 1.60. The Kier molecular flexibility index (Phi) is 4.95. The molecule has 0 spiro atoms. The first-order chi connectivity index (χ1) is 13.5. The molecule has 3 heterocycles. The highest BCUT2D eigenvalue weighted by atomic mass is 16.5. The molecule has 1 aliphatic heterocycles. The van der Waals surface area contributed by atoms with Crippen LogP contribution in [0.1, 0.15) is 31.7 Å². The van der Waals surface area contributed by atoms with Crippen LogP contribution < -0.4 is 16.0 Å². The lowest BCUT2D eigenvalue weighted by Gasteiger charge is -2.14. The van der Waals surface area contributed by atoms with E-state index in [1.54, 1.807) is 23.9 Å². The van der Waals surface area contributed by atoms with Gasteiger partial charge in [-0.25, -0.2) is 0 Å². The Morgan fingerprint density at radius 2 is 2.21 bits per heavy atom. The number of amides is 2. The number of hydrogen-bond donors (Lipinski definition) is 3. The van der Waals surface area contributed by atoms with Gasteiger partial charge in [0.25, 0.3) is 5.91 Å².